The van der Waals surface area contributed by atoms with E-state index in [1.54, 1.807) is 0 Å². The van der Waals surface area contributed by atoms with Crippen LogP contribution in [-0.4, -0.2) is 41.3 Å². The first-order chi connectivity index (χ1) is 8.51. The van der Waals surface area contributed by atoms with Crippen molar-refractivity contribution in [1.82, 2.24) is 9.78 Å². The molecule has 0 saturated carbocycles. The number of aromatic nitrogens is 2. The molecule has 0 amide bonds. The molecule has 1 heterocycles. The maximum atomic E-state index is 8.57. The van der Waals surface area contributed by atoms with Crippen molar-refractivity contribution in [3.63, 3.8) is 0 Å². The van der Waals surface area contributed by atoms with Gasteiger partial charge in [0.15, 0.2) is 0 Å². The molecule has 2 N–H and O–H groups in total. The van der Waals surface area contributed by atoms with Crippen molar-refractivity contribution in [3.8, 4) is 0 Å². The SMILES string of the molecule is CC(C)(C)CCNc1cnn(CCOCCO)c1. The van der Waals surface area contributed by atoms with Crippen LogP contribution in [0, 0.1) is 5.41 Å². The van der Waals surface area contributed by atoms with Crippen LogP contribution in [0.4, 0.5) is 5.69 Å². The monoisotopic (exact) mass is 255 g/mol. The molecular weight excluding hydrogens is 230 g/mol. The molecule has 18 heavy (non-hydrogen) atoms. The summed E-state index contributed by atoms with van der Waals surface area (Å²) >= 11 is 0. The predicted molar refractivity (Wildman–Crippen MR) is 72.7 cm³/mol. The van der Waals surface area contributed by atoms with Gasteiger partial charge >= 0.3 is 0 Å². The molecule has 0 fully saturated rings. The van der Waals surface area contributed by atoms with Gasteiger partial charge in [0.2, 0.25) is 0 Å². The maximum Gasteiger partial charge on any atom is 0.0726 e. The van der Waals surface area contributed by atoms with Gasteiger partial charge in [-0.25, -0.2) is 0 Å². The fourth-order valence-electron chi connectivity index (χ4n) is 1.48. The lowest BCUT2D eigenvalue weighted by atomic mass is 9.92. The maximum absolute atomic E-state index is 8.57. The minimum atomic E-state index is 0.0682. The summed E-state index contributed by atoms with van der Waals surface area (Å²) < 4.78 is 7.03. The number of aliphatic hydroxyl groups excluding tert-OH is 1. The van der Waals surface area contributed by atoms with Crippen molar-refractivity contribution in [2.75, 3.05) is 31.7 Å². The average Bonchev–Trinajstić information content (AvgIpc) is 2.71. The summed E-state index contributed by atoms with van der Waals surface area (Å²) in [6, 6.07) is 0. The molecule has 0 bridgehead atoms. The van der Waals surface area contributed by atoms with Gasteiger partial charge < -0.3 is 15.2 Å². The largest absolute Gasteiger partial charge is 0.394 e. The molecule has 0 spiro atoms. The van der Waals surface area contributed by atoms with E-state index in [-0.39, 0.29) is 6.61 Å². The molecule has 5 nitrogen and oxygen atoms in total. The van der Waals surface area contributed by atoms with Crippen molar-refractivity contribution in [2.45, 2.75) is 33.7 Å². The Morgan fingerprint density at radius 1 is 1.39 bits per heavy atom. The topological polar surface area (TPSA) is 59.3 Å². The zero-order chi connectivity index (χ0) is 13.4. The highest BCUT2D eigenvalue weighted by Crippen LogP contribution is 2.18. The molecular formula is C13H25N3O2. The Balaban J connectivity index is 2.21. The minimum absolute atomic E-state index is 0.0682. The van der Waals surface area contributed by atoms with Crippen molar-refractivity contribution in [2.24, 2.45) is 5.41 Å². The quantitative estimate of drug-likeness (QED) is 0.695. The van der Waals surface area contributed by atoms with Gasteiger partial charge in [-0.1, -0.05) is 20.8 Å². The van der Waals surface area contributed by atoms with Gasteiger partial charge in [-0.2, -0.15) is 5.10 Å². The third-order valence-electron chi connectivity index (χ3n) is 2.54. The van der Waals surface area contributed by atoms with Crippen molar-refractivity contribution in [1.29, 1.82) is 0 Å². The highest BCUT2D eigenvalue weighted by Gasteiger charge is 2.09. The van der Waals surface area contributed by atoms with E-state index in [2.05, 4.69) is 31.2 Å². The second-order valence-electron chi connectivity index (χ2n) is 5.57. The molecule has 0 aliphatic rings. The Bertz CT molecular complexity index is 331. The summed E-state index contributed by atoms with van der Waals surface area (Å²) in [5, 5.41) is 16.2. The first-order valence-electron chi connectivity index (χ1n) is 6.46. The van der Waals surface area contributed by atoms with E-state index < -0.39 is 0 Å². The number of hydrogen-bond donors (Lipinski definition) is 2. The third kappa shape index (κ3) is 6.61. The lowest BCUT2D eigenvalue weighted by Gasteiger charge is -2.17. The number of rotatable bonds is 8. The summed E-state index contributed by atoms with van der Waals surface area (Å²) in [4.78, 5) is 0. The standard InChI is InChI=1S/C13H25N3O2/c1-13(2,3)4-5-14-12-10-15-16(11-12)6-8-18-9-7-17/h10-11,14,17H,4-9H2,1-3H3. The van der Waals surface area contributed by atoms with Gasteiger partial charge in [0.25, 0.3) is 0 Å². The van der Waals surface area contributed by atoms with Gasteiger partial charge in [0, 0.05) is 12.7 Å². The van der Waals surface area contributed by atoms with E-state index in [4.69, 9.17) is 9.84 Å². The average molecular weight is 255 g/mol. The molecule has 0 radical (unpaired) electrons. The van der Waals surface area contributed by atoms with Gasteiger partial charge in [-0.05, 0) is 11.8 Å². The third-order valence-corrected chi connectivity index (χ3v) is 2.54. The van der Waals surface area contributed by atoms with Crippen LogP contribution in [-0.2, 0) is 11.3 Å². The van der Waals surface area contributed by atoms with Crippen LogP contribution in [0.5, 0.6) is 0 Å². The molecule has 1 aromatic heterocycles. The molecule has 1 rings (SSSR count). The molecule has 0 aromatic carbocycles. The summed E-state index contributed by atoms with van der Waals surface area (Å²) in [7, 11) is 0. The predicted octanol–water partition coefficient (Wildman–Crippen LogP) is 1.74. The Hall–Kier alpha value is -1.07. The second kappa shape index (κ2) is 7.38. The number of hydrogen-bond acceptors (Lipinski definition) is 4. The van der Waals surface area contributed by atoms with Gasteiger partial charge in [-0.15, -0.1) is 0 Å². The van der Waals surface area contributed by atoms with E-state index in [9.17, 15) is 0 Å². The minimum Gasteiger partial charge on any atom is -0.394 e. The molecule has 5 heteroatoms. The van der Waals surface area contributed by atoms with Crippen LogP contribution < -0.4 is 5.32 Å². The number of anilines is 1. The summed E-state index contributed by atoms with van der Waals surface area (Å²) in [6.45, 7) is 9.39. The van der Waals surface area contributed by atoms with E-state index in [1.807, 2.05) is 17.1 Å². The zero-order valence-electron chi connectivity index (χ0n) is 11.6. The number of nitrogens with zero attached hydrogens (tertiary/aromatic N) is 2. The Labute approximate surface area is 109 Å². The zero-order valence-corrected chi connectivity index (χ0v) is 11.6. The number of aliphatic hydroxyl groups is 1. The van der Waals surface area contributed by atoms with Gasteiger partial charge in [0.05, 0.1) is 38.2 Å². The van der Waals surface area contributed by atoms with Crippen LogP contribution >= 0.6 is 0 Å². The smallest absolute Gasteiger partial charge is 0.0726 e. The molecule has 104 valence electrons. The van der Waals surface area contributed by atoms with E-state index in [0.717, 1.165) is 18.7 Å². The van der Waals surface area contributed by atoms with Crippen LogP contribution in [0.15, 0.2) is 12.4 Å². The highest BCUT2D eigenvalue weighted by atomic mass is 16.5. The molecule has 0 atom stereocenters. The Morgan fingerprint density at radius 3 is 2.83 bits per heavy atom. The Morgan fingerprint density at radius 2 is 2.17 bits per heavy atom. The lowest BCUT2D eigenvalue weighted by molar-refractivity contribution is 0.0854. The summed E-state index contributed by atoms with van der Waals surface area (Å²) in [5.41, 5.74) is 1.39. The van der Waals surface area contributed by atoms with Crippen LogP contribution in [0.25, 0.3) is 0 Å². The van der Waals surface area contributed by atoms with Crippen molar-refractivity contribution in [3.05, 3.63) is 12.4 Å². The van der Waals surface area contributed by atoms with Crippen LogP contribution in [0.1, 0.15) is 27.2 Å². The van der Waals surface area contributed by atoms with Gasteiger partial charge in [0.1, 0.15) is 0 Å². The van der Waals surface area contributed by atoms with E-state index >= 15 is 0 Å². The molecule has 0 aliphatic heterocycles. The van der Waals surface area contributed by atoms with E-state index in [1.165, 1.54) is 0 Å². The first-order valence-corrected chi connectivity index (χ1v) is 6.46. The van der Waals surface area contributed by atoms with Gasteiger partial charge in [-0.3, -0.25) is 4.68 Å². The normalized spacial score (nSPS) is 11.8. The molecule has 1 aromatic rings. The molecule has 0 saturated heterocycles. The Kier molecular flexibility index (Phi) is 6.15. The first kappa shape index (κ1) is 15.0. The summed E-state index contributed by atoms with van der Waals surface area (Å²) in [6.07, 6.45) is 4.93. The number of ether oxygens (including phenoxy) is 1. The highest BCUT2D eigenvalue weighted by molar-refractivity contribution is 5.37. The van der Waals surface area contributed by atoms with Crippen molar-refractivity contribution < 1.29 is 9.84 Å². The fraction of sp³-hybridized carbons (Fsp3) is 0.769. The van der Waals surface area contributed by atoms with Crippen molar-refractivity contribution >= 4 is 5.69 Å². The second-order valence-corrected chi connectivity index (χ2v) is 5.57. The molecule has 0 aliphatic carbocycles. The fourth-order valence-corrected chi connectivity index (χ4v) is 1.48. The molecule has 0 unspecified atom stereocenters. The van der Waals surface area contributed by atoms with E-state index in [0.29, 0.717) is 25.2 Å². The number of nitrogens with one attached hydrogen (secondary N) is 1. The lowest BCUT2D eigenvalue weighted by Crippen LogP contribution is -2.12. The van der Waals surface area contributed by atoms with Crippen LogP contribution in [0.2, 0.25) is 0 Å². The summed E-state index contributed by atoms with van der Waals surface area (Å²) in [5.74, 6) is 0. The van der Waals surface area contributed by atoms with Crippen LogP contribution in [0.3, 0.4) is 0 Å².